The van der Waals surface area contributed by atoms with Crippen LogP contribution in [0, 0.1) is 4.91 Å². The van der Waals surface area contributed by atoms with Gasteiger partial charge in [0.15, 0.2) is 0 Å². The molecule has 1 rings (SSSR count). The highest BCUT2D eigenvalue weighted by atomic mass is 32.2. The normalized spacial score (nSPS) is 19.4. The standard InChI is InChI=1S/C12H25N3O2S/c1-12(2,18-13-17)10-15-6-4-11(5-7-15)14(3)8-9-16/h11,16H,4-10H2,1-3H3. The molecular weight excluding hydrogens is 250 g/mol. The first kappa shape index (κ1) is 15.9. The van der Waals surface area contributed by atoms with Crippen molar-refractivity contribution in [1.82, 2.24) is 9.80 Å². The Labute approximate surface area is 114 Å². The van der Waals surface area contributed by atoms with Crippen molar-refractivity contribution in [3.05, 3.63) is 4.91 Å². The highest BCUT2D eigenvalue weighted by molar-refractivity contribution is 7.99. The number of nitrogens with zero attached hydrogens (tertiary/aromatic N) is 3. The number of rotatable bonds is 7. The number of likely N-dealkylation sites (tertiary alicyclic amines) is 1. The van der Waals surface area contributed by atoms with Gasteiger partial charge >= 0.3 is 0 Å². The summed E-state index contributed by atoms with van der Waals surface area (Å²) in [6.45, 7) is 8.12. The number of piperidine rings is 1. The van der Waals surface area contributed by atoms with Crippen LogP contribution < -0.4 is 0 Å². The van der Waals surface area contributed by atoms with Gasteiger partial charge in [0, 0.05) is 40.4 Å². The highest BCUT2D eigenvalue weighted by Crippen LogP contribution is 2.27. The maximum absolute atomic E-state index is 10.3. The molecule has 1 saturated heterocycles. The molecule has 0 aromatic carbocycles. The van der Waals surface area contributed by atoms with Crippen LogP contribution >= 0.6 is 11.9 Å². The summed E-state index contributed by atoms with van der Waals surface area (Å²) < 4.78 is 2.84. The van der Waals surface area contributed by atoms with E-state index >= 15 is 0 Å². The third kappa shape index (κ3) is 5.22. The second-order valence-electron chi connectivity index (χ2n) is 5.64. The first-order valence-electron chi connectivity index (χ1n) is 6.53. The van der Waals surface area contributed by atoms with E-state index in [1.54, 1.807) is 0 Å². The van der Waals surface area contributed by atoms with E-state index in [0.29, 0.717) is 6.04 Å². The van der Waals surface area contributed by atoms with Crippen molar-refractivity contribution in [3.8, 4) is 0 Å². The van der Waals surface area contributed by atoms with Crippen molar-refractivity contribution in [3.63, 3.8) is 0 Å². The Morgan fingerprint density at radius 2 is 2.06 bits per heavy atom. The number of hydrogen-bond donors (Lipinski definition) is 1. The Morgan fingerprint density at radius 1 is 1.44 bits per heavy atom. The summed E-state index contributed by atoms with van der Waals surface area (Å²) in [5.74, 6) is 0. The lowest BCUT2D eigenvalue weighted by Gasteiger charge is -2.38. The van der Waals surface area contributed by atoms with Gasteiger partial charge in [0.05, 0.1) is 6.61 Å². The van der Waals surface area contributed by atoms with Crippen LogP contribution in [0.3, 0.4) is 0 Å². The topological polar surface area (TPSA) is 56.1 Å². The minimum absolute atomic E-state index is 0.106. The van der Waals surface area contributed by atoms with Crippen molar-refractivity contribution < 1.29 is 5.11 Å². The van der Waals surface area contributed by atoms with Gasteiger partial charge < -0.3 is 14.9 Å². The van der Waals surface area contributed by atoms with Crippen LogP contribution in [0.5, 0.6) is 0 Å². The molecule has 6 heteroatoms. The predicted molar refractivity (Wildman–Crippen MR) is 76.6 cm³/mol. The van der Waals surface area contributed by atoms with Crippen molar-refractivity contribution in [2.75, 3.05) is 39.8 Å². The summed E-state index contributed by atoms with van der Waals surface area (Å²) in [5.41, 5.74) is 0. The Morgan fingerprint density at radius 3 is 2.56 bits per heavy atom. The SMILES string of the molecule is CN(CCO)C1CCN(CC(C)(C)SN=O)CC1. The van der Waals surface area contributed by atoms with Crippen LogP contribution in [0.1, 0.15) is 26.7 Å². The van der Waals surface area contributed by atoms with Gasteiger partial charge in [0.1, 0.15) is 0 Å². The minimum Gasteiger partial charge on any atom is -0.395 e. The van der Waals surface area contributed by atoms with Crippen LogP contribution in [-0.4, -0.2) is 65.5 Å². The number of likely N-dealkylation sites (N-methyl/N-ethyl adjacent to an activating group) is 1. The second-order valence-corrected chi connectivity index (χ2v) is 7.07. The van der Waals surface area contributed by atoms with E-state index in [0.717, 1.165) is 51.0 Å². The molecule has 0 saturated carbocycles. The van der Waals surface area contributed by atoms with E-state index in [4.69, 9.17) is 5.11 Å². The molecule has 1 aliphatic rings. The lowest BCUT2D eigenvalue weighted by atomic mass is 10.0. The number of hydrogen-bond acceptors (Lipinski definition) is 6. The molecule has 106 valence electrons. The van der Waals surface area contributed by atoms with E-state index in [9.17, 15) is 4.91 Å². The molecule has 0 amide bonds. The number of nitroso groups, excluding NO2 is 1. The average molecular weight is 275 g/mol. The fourth-order valence-electron chi connectivity index (χ4n) is 2.53. The van der Waals surface area contributed by atoms with Crippen molar-refractivity contribution in [1.29, 1.82) is 0 Å². The lowest BCUT2D eigenvalue weighted by Crippen LogP contribution is -2.47. The predicted octanol–water partition coefficient (Wildman–Crippen LogP) is 1.57. The zero-order chi connectivity index (χ0) is 13.6. The molecule has 1 aliphatic heterocycles. The van der Waals surface area contributed by atoms with Crippen LogP contribution in [0.15, 0.2) is 4.58 Å². The Bertz CT molecular complexity index is 256. The smallest absolute Gasteiger partial charge is 0.0558 e. The molecule has 0 aromatic heterocycles. The number of aliphatic hydroxyl groups is 1. The molecule has 0 aromatic rings. The molecule has 1 fully saturated rings. The average Bonchev–Trinajstić information content (AvgIpc) is 2.29. The summed E-state index contributed by atoms with van der Waals surface area (Å²) >= 11 is 1.13. The minimum atomic E-state index is -0.106. The van der Waals surface area contributed by atoms with E-state index in [2.05, 4.69) is 35.3 Å². The fourth-order valence-corrected chi connectivity index (χ4v) is 2.97. The van der Waals surface area contributed by atoms with E-state index in [1.165, 1.54) is 0 Å². The van der Waals surface area contributed by atoms with Gasteiger partial charge in [-0.1, -0.05) is 0 Å². The second kappa shape index (κ2) is 7.43. The quantitative estimate of drug-likeness (QED) is 0.564. The summed E-state index contributed by atoms with van der Waals surface area (Å²) in [6.07, 6.45) is 2.26. The molecule has 0 unspecified atom stereocenters. The molecule has 1 N–H and O–H groups in total. The van der Waals surface area contributed by atoms with Gasteiger partial charge in [0.25, 0.3) is 0 Å². The lowest BCUT2D eigenvalue weighted by molar-refractivity contribution is 0.107. The Balaban J connectivity index is 2.33. The molecular formula is C12H25N3O2S. The summed E-state index contributed by atoms with van der Waals surface area (Å²) in [4.78, 5) is 15.0. The molecule has 0 spiro atoms. The first-order valence-corrected chi connectivity index (χ1v) is 7.30. The molecule has 5 nitrogen and oxygen atoms in total. The van der Waals surface area contributed by atoms with Gasteiger partial charge in [-0.15, -0.1) is 4.91 Å². The number of aliphatic hydroxyl groups excluding tert-OH is 1. The zero-order valence-corrected chi connectivity index (χ0v) is 12.4. The molecule has 18 heavy (non-hydrogen) atoms. The van der Waals surface area contributed by atoms with E-state index in [-0.39, 0.29) is 11.4 Å². The summed E-state index contributed by atoms with van der Waals surface area (Å²) in [5, 5.41) is 8.94. The first-order chi connectivity index (χ1) is 8.48. The van der Waals surface area contributed by atoms with Crippen LogP contribution in [0.25, 0.3) is 0 Å². The molecule has 0 atom stereocenters. The van der Waals surface area contributed by atoms with E-state index in [1.807, 2.05) is 0 Å². The molecule has 1 heterocycles. The van der Waals surface area contributed by atoms with Gasteiger partial charge in [-0.3, -0.25) is 0 Å². The molecule has 0 bridgehead atoms. The van der Waals surface area contributed by atoms with Crippen molar-refractivity contribution >= 4 is 11.9 Å². The van der Waals surface area contributed by atoms with Gasteiger partial charge in [-0.25, -0.2) is 0 Å². The largest absolute Gasteiger partial charge is 0.395 e. The Kier molecular flexibility index (Phi) is 6.55. The van der Waals surface area contributed by atoms with Crippen molar-refractivity contribution in [2.45, 2.75) is 37.5 Å². The van der Waals surface area contributed by atoms with Crippen LogP contribution in [-0.2, 0) is 0 Å². The molecule has 0 radical (unpaired) electrons. The van der Waals surface area contributed by atoms with Gasteiger partial charge in [-0.05, 0) is 46.8 Å². The van der Waals surface area contributed by atoms with Crippen LogP contribution in [0.4, 0.5) is 0 Å². The third-order valence-corrected chi connectivity index (χ3v) is 4.22. The van der Waals surface area contributed by atoms with Gasteiger partial charge in [-0.2, -0.15) is 0 Å². The maximum Gasteiger partial charge on any atom is 0.0558 e. The summed E-state index contributed by atoms with van der Waals surface area (Å²) in [6, 6.07) is 0.577. The van der Waals surface area contributed by atoms with Crippen molar-refractivity contribution in [2.24, 2.45) is 4.58 Å². The van der Waals surface area contributed by atoms with Gasteiger partial charge in [0.2, 0.25) is 0 Å². The fraction of sp³-hybridized carbons (Fsp3) is 1.00. The Hall–Kier alpha value is -0.170. The monoisotopic (exact) mass is 275 g/mol. The van der Waals surface area contributed by atoms with E-state index < -0.39 is 0 Å². The van der Waals surface area contributed by atoms with Crippen LogP contribution in [0.2, 0.25) is 0 Å². The molecule has 0 aliphatic carbocycles. The highest BCUT2D eigenvalue weighted by Gasteiger charge is 2.28. The third-order valence-electron chi connectivity index (χ3n) is 3.52. The zero-order valence-electron chi connectivity index (χ0n) is 11.6. The summed E-state index contributed by atoms with van der Waals surface area (Å²) in [7, 11) is 2.08. The maximum atomic E-state index is 10.3.